The van der Waals surface area contributed by atoms with Gasteiger partial charge in [-0.2, -0.15) is 4.39 Å². The van der Waals surface area contributed by atoms with Crippen molar-refractivity contribution in [3.8, 4) is 74.0 Å². The van der Waals surface area contributed by atoms with E-state index in [9.17, 15) is 22.7 Å². The summed E-state index contributed by atoms with van der Waals surface area (Å²) in [5.74, 6) is -0.807. The number of aromatic hydroxyl groups is 4. The minimum atomic E-state index is -0.960. The average molecular weight is 1830 g/mol. The number of rotatable bonds is 30. The Morgan fingerprint density at radius 1 is 0.333 bits per heavy atom. The monoisotopic (exact) mass is 1820 g/mol. The number of aliphatic hydroxyl groups excluding tert-OH is 4. The van der Waals surface area contributed by atoms with E-state index < -0.39 is 23.3 Å². The highest BCUT2D eigenvalue weighted by Gasteiger charge is 2.17. The molecule has 8 N–H and O–H groups in total. The first-order valence-corrected chi connectivity index (χ1v) is 43.2. The molecule has 15 nitrogen and oxygen atoms in total. The number of alkyl halides is 2. The predicted octanol–water partition coefficient (Wildman–Crippen LogP) is 25.1. The maximum absolute atomic E-state index is 14.3. The average Bonchev–Trinajstić information content (AvgIpc) is 1.14. The van der Waals surface area contributed by atoms with E-state index in [-0.39, 0.29) is 80.3 Å². The Bertz CT molecular complexity index is 4460. The molecule has 11 aromatic carbocycles. The van der Waals surface area contributed by atoms with Gasteiger partial charge in [-0.3, -0.25) is 0 Å². The molecule has 0 radical (unpaired) electrons. The van der Waals surface area contributed by atoms with E-state index in [0.29, 0.717) is 65.7 Å². The molecule has 0 amide bonds. The number of phenolic OH excluding ortho intramolecular Hbond substituents is 4. The molecule has 12 rings (SSSR count). The number of methoxy groups -OCH3 is 1. The van der Waals surface area contributed by atoms with Gasteiger partial charge in [-0.05, 0) is 243 Å². The molecule has 1 aliphatic heterocycles. The van der Waals surface area contributed by atoms with Crippen molar-refractivity contribution in [3.63, 3.8) is 0 Å². The lowest BCUT2D eigenvalue weighted by molar-refractivity contribution is 0.191. The van der Waals surface area contributed by atoms with Crippen LogP contribution in [0.2, 0.25) is 0 Å². The molecular formula is C102H126Br2F4O15. The van der Waals surface area contributed by atoms with Gasteiger partial charge in [-0.1, -0.05) is 212 Å². The second kappa shape index (κ2) is 59.0. The highest BCUT2D eigenvalue weighted by atomic mass is 79.9. The largest absolute Gasteiger partial charge is 0.508 e. The molecule has 0 aliphatic carbocycles. The fourth-order valence-electron chi connectivity index (χ4n) is 12.8. The number of halogens is 6. The van der Waals surface area contributed by atoms with Crippen molar-refractivity contribution in [1.29, 1.82) is 0 Å². The van der Waals surface area contributed by atoms with E-state index >= 15 is 0 Å². The summed E-state index contributed by atoms with van der Waals surface area (Å²) in [7, 11) is 1.71. The van der Waals surface area contributed by atoms with E-state index in [0.717, 1.165) is 103 Å². The summed E-state index contributed by atoms with van der Waals surface area (Å²) in [6.45, 7) is 25.0. The van der Waals surface area contributed by atoms with E-state index in [1.807, 2.05) is 44.2 Å². The smallest absolute Gasteiger partial charge is 0.201 e. The zero-order valence-corrected chi connectivity index (χ0v) is 75.4. The van der Waals surface area contributed by atoms with Gasteiger partial charge in [0, 0.05) is 66.9 Å². The second-order valence-corrected chi connectivity index (χ2v) is 31.0. The van der Waals surface area contributed by atoms with Crippen LogP contribution in [0.5, 0.6) is 51.7 Å². The van der Waals surface area contributed by atoms with Crippen LogP contribution in [0.3, 0.4) is 0 Å². The molecular weight excluding hydrogens is 1700 g/mol. The van der Waals surface area contributed by atoms with Gasteiger partial charge in [0.05, 0.1) is 46.2 Å². The van der Waals surface area contributed by atoms with E-state index in [4.69, 9.17) is 68.9 Å². The topological polar surface area (TPSA) is 226 Å². The zero-order chi connectivity index (χ0) is 89.3. The summed E-state index contributed by atoms with van der Waals surface area (Å²) in [5.41, 5.74) is 18.4. The summed E-state index contributed by atoms with van der Waals surface area (Å²) in [6, 6.07) is 59.3. The van der Waals surface area contributed by atoms with Crippen molar-refractivity contribution in [2.75, 3.05) is 52.1 Å². The van der Waals surface area contributed by atoms with Gasteiger partial charge in [0.2, 0.25) is 5.82 Å². The van der Waals surface area contributed by atoms with E-state index in [1.165, 1.54) is 124 Å². The fraction of sp³-hybridized carbons (Fsp3) is 0.353. The van der Waals surface area contributed by atoms with Crippen LogP contribution in [0.1, 0.15) is 168 Å². The molecule has 1 saturated heterocycles. The molecule has 0 spiro atoms. The molecule has 21 heteroatoms. The van der Waals surface area contributed by atoms with Crippen LogP contribution in [0, 0.1) is 85.6 Å². The van der Waals surface area contributed by atoms with Crippen LogP contribution in [0.15, 0.2) is 200 Å². The molecule has 0 aromatic heterocycles. The molecule has 666 valence electrons. The lowest BCUT2D eigenvalue weighted by Crippen LogP contribution is -2.00. The number of benzene rings is 11. The number of aryl methyl sites for hydroxylation is 9. The molecule has 0 atom stereocenters. The summed E-state index contributed by atoms with van der Waals surface area (Å²) in [4.78, 5) is 0. The summed E-state index contributed by atoms with van der Waals surface area (Å²) < 4.78 is 94.2. The van der Waals surface area contributed by atoms with Crippen molar-refractivity contribution in [2.24, 2.45) is 0 Å². The first-order chi connectivity index (χ1) is 58.6. The zero-order valence-electron chi connectivity index (χ0n) is 72.2. The summed E-state index contributed by atoms with van der Waals surface area (Å²) in [6.07, 6.45) is 11.4. The van der Waals surface area contributed by atoms with Crippen molar-refractivity contribution < 1.29 is 91.6 Å². The first-order valence-electron chi connectivity index (χ1n) is 41.0. The van der Waals surface area contributed by atoms with E-state index in [2.05, 4.69) is 134 Å². The Labute approximate surface area is 743 Å². The Morgan fingerprint density at radius 3 is 1.02 bits per heavy atom. The molecule has 0 bridgehead atoms. The van der Waals surface area contributed by atoms with Crippen molar-refractivity contribution in [3.05, 3.63) is 312 Å². The van der Waals surface area contributed by atoms with Crippen LogP contribution in [0.4, 0.5) is 17.6 Å². The van der Waals surface area contributed by atoms with Crippen molar-refractivity contribution >= 4 is 31.9 Å². The minimum Gasteiger partial charge on any atom is -0.508 e. The van der Waals surface area contributed by atoms with Gasteiger partial charge >= 0.3 is 0 Å². The number of hydrogen-bond acceptors (Lipinski definition) is 15. The molecule has 0 unspecified atom stereocenters. The van der Waals surface area contributed by atoms with Crippen LogP contribution in [0.25, 0.3) is 22.3 Å². The molecule has 1 aliphatic rings. The van der Waals surface area contributed by atoms with Gasteiger partial charge in [0.1, 0.15) is 59.2 Å². The fourth-order valence-corrected chi connectivity index (χ4v) is 13.5. The lowest BCUT2D eigenvalue weighted by Gasteiger charge is -2.13. The molecule has 1 heterocycles. The third-order valence-electron chi connectivity index (χ3n) is 18.3. The van der Waals surface area contributed by atoms with Crippen molar-refractivity contribution in [2.45, 2.75) is 186 Å². The Balaban J connectivity index is 0.000000310. The van der Waals surface area contributed by atoms with Crippen LogP contribution < -0.4 is 23.7 Å². The molecule has 1 fully saturated rings. The standard InChI is InChI=1S/C25H28O3.C21H26F2O3.C19H21BrF2O.C9H11Br.C9H12O.2C7H8O3.C4H8O.CH4/c1-17-5-18(2)8-22(7-17)15-27-24-11-21(14-26)12-25(13-24)28-16-23-9-19(3)6-20(4)10-23;1-3-25-19-13-12-18(20(22)21(19)23)16-8-10-17(11-9-16)26-15-7-5-4-6-14-24-2;1-14-6-11-17(19(22)18(14)21)15-7-9-16(10-8-15)23-13-5-3-2-4-12-20;2*1-7-3-8(2)5-9(4-7)6-10;2*8-4-5-1-6(9)3-7(10)2-5;1-2-4-5-3-1;/h5-13,26H,14-16H2,1-4H3;8-13H,3-7,14-15H2,1-2H3;6-11H,2-5,12-13H2,1H3;3-5H,6H2,1-2H3;3-5,10H,6H2,1-2H3;2*1-3,8-10H,4H2;1-4H2;1H4. The van der Waals surface area contributed by atoms with Crippen LogP contribution in [-0.4, -0.2) is 92.9 Å². The van der Waals surface area contributed by atoms with Gasteiger partial charge < -0.3 is 74.0 Å². The Morgan fingerprint density at radius 2 is 0.675 bits per heavy atom. The lowest BCUT2D eigenvalue weighted by atomic mass is 10.0. The molecule has 123 heavy (non-hydrogen) atoms. The second-order valence-electron chi connectivity index (χ2n) is 29.7. The number of phenols is 4. The normalized spacial score (nSPS) is 10.9. The quantitative estimate of drug-likeness (QED) is 0.0119. The van der Waals surface area contributed by atoms with Gasteiger partial charge in [0.15, 0.2) is 23.2 Å². The number of ether oxygens (including phenoxy) is 7. The van der Waals surface area contributed by atoms with Gasteiger partial charge in [-0.15, -0.1) is 0 Å². The van der Waals surface area contributed by atoms with Crippen LogP contribution >= 0.6 is 31.9 Å². The first kappa shape index (κ1) is 105. The summed E-state index contributed by atoms with van der Waals surface area (Å²) in [5, 5.41) is 72.9. The maximum atomic E-state index is 14.3. The number of aliphatic hydroxyl groups is 4. The molecule has 11 aromatic rings. The van der Waals surface area contributed by atoms with Crippen LogP contribution in [-0.2, 0) is 54.4 Å². The molecule has 0 saturated carbocycles. The third kappa shape index (κ3) is 41.4. The highest BCUT2D eigenvalue weighted by molar-refractivity contribution is 9.09. The number of hydrogen-bond donors (Lipinski definition) is 8. The Kier molecular flexibility index (Phi) is 50.6. The van der Waals surface area contributed by atoms with E-state index in [1.54, 1.807) is 81.6 Å². The minimum absolute atomic E-state index is 0. The predicted molar refractivity (Wildman–Crippen MR) is 495 cm³/mol. The van der Waals surface area contributed by atoms with Gasteiger partial charge in [-0.25, -0.2) is 13.2 Å². The Hall–Kier alpha value is -9.94. The highest BCUT2D eigenvalue weighted by Crippen LogP contribution is 2.33. The number of unbranched alkanes of at least 4 members (excludes halogenated alkanes) is 6. The van der Waals surface area contributed by atoms with Gasteiger partial charge in [0.25, 0.3) is 0 Å². The van der Waals surface area contributed by atoms with Crippen molar-refractivity contribution in [1.82, 2.24) is 0 Å². The SMILES string of the molecule is C.C1CCOC1.CCOc1ccc(-c2ccc(OCCCCCCOC)cc2)c(F)c1F.Cc1cc(C)cc(CBr)c1.Cc1cc(C)cc(CO)c1.Cc1cc(C)cc(COc2cc(CO)cc(OCc3cc(C)cc(C)c3)c2)c1.Cc1ccc(-c2ccc(OCCCCCCBr)cc2)c(F)c1F.OCc1cc(O)cc(O)c1.OCc1cc(O)cc(O)c1. The summed E-state index contributed by atoms with van der Waals surface area (Å²) >= 11 is 6.84. The maximum Gasteiger partial charge on any atom is 0.201 e. The third-order valence-corrected chi connectivity index (χ3v) is 19.5.